The monoisotopic (exact) mass is 254 g/mol. The van der Waals surface area contributed by atoms with Crippen molar-refractivity contribution < 1.29 is 14.4 Å². The molecule has 7 heteroatoms. The smallest absolute Gasteiger partial charge is 0.287 e. The van der Waals surface area contributed by atoms with E-state index in [9.17, 15) is 9.90 Å². The zero-order chi connectivity index (χ0) is 13.2. The van der Waals surface area contributed by atoms with E-state index in [-0.39, 0.29) is 5.69 Å². The number of amides is 1. The summed E-state index contributed by atoms with van der Waals surface area (Å²) in [7, 11) is 0. The lowest BCUT2D eigenvalue weighted by Crippen LogP contribution is -2.45. The number of hydrogen-bond donors (Lipinski definition) is 3. The Labute approximate surface area is 105 Å². The lowest BCUT2D eigenvalue weighted by Gasteiger charge is -2.36. The molecule has 2 rings (SSSR count). The van der Waals surface area contributed by atoms with Crippen LogP contribution in [0.4, 0.5) is 0 Å². The number of nitrogen functional groups attached to an aromatic ring is 1. The zero-order valence-electron chi connectivity index (χ0n) is 10.3. The quantitative estimate of drug-likeness (QED) is 0.386. The van der Waals surface area contributed by atoms with Crippen molar-refractivity contribution in [3.8, 4) is 0 Å². The number of carbonyl (C=O) groups excluding carboxylic acids is 1. The van der Waals surface area contributed by atoms with Gasteiger partial charge < -0.3 is 9.63 Å². The summed E-state index contributed by atoms with van der Waals surface area (Å²) in [6, 6.07) is 1.56. The van der Waals surface area contributed by atoms with Crippen molar-refractivity contribution in [2.45, 2.75) is 31.9 Å². The van der Waals surface area contributed by atoms with Gasteiger partial charge in [-0.15, -0.1) is 0 Å². The molecule has 1 atom stereocenters. The van der Waals surface area contributed by atoms with E-state index < -0.39 is 11.5 Å². The van der Waals surface area contributed by atoms with E-state index in [1.54, 1.807) is 6.07 Å². The first-order valence-electron chi connectivity index (χ1n) is 5.91. The Morgan fingerprint density at radius 2 is 2.56 bits per heavy atom. The van der Waals surface area contributed by atoms with Gasteiger partial charge in [-0.05, 0) is 26.3 Å². The SMILES string of the molecule is CC1(O)CCCN(Cc2cc(C(=O)NN)no2)C1. The summed E-state index contributed by atoms with van der Waals surface area (Å²) < 4.78 is 5.07. The van der Waals surface area contributed by atoms with Crippen molar-refractivity contribution in [2.75, 3.05) is 13.1 Å². The second-order valence-corrected chi connectivity index (χ2v) is 4.96. The Balaban J connectivity index is 1.97. The summed E-state index contributed by atoms with van der Waals surface area (Å²) in [5.74, 6) is 5.12. The number of hydrogen-bond acceptors (Lipinski definition) is 6. The summed E-state index contributed by atoms with van der Waals surface area (Å²) in [4.78, 5) is 13.3. The van der Waals surface area contributed by atoms with Gasteiger partial charge in [0.1, 0.15) is 0 Å². The van der Waals surface area contributed by atoms with Gasteiger partial charge in [0.2, 0.25) is 0 Å². The molecule has 1 fully saturated rings. The number of nitrogens with one attached hydrogen (secondary N) is 1. The molecule has 1 aliphatic heterocycles. The number of likely N-dealkylation sites (tertiary alicyclic amines) is 1. The fraction of sp³-hybridized carbons (Fsp3) is 0.636. The first-order chi connectivity index (χ1) is 8.50. The maximum Gasteiger partial charge on any atom is 0.287 e. The first-order valence-corrected chi connectivity index (χ1v) is 5.91. The average Bonchev–Trinajstić information content (AvgIpc) is 2.75. The van der Waals surface area contributed by atoms with Crippen LogP contribution >= 0.6 is 0 Å². The van der Waals surface area contributed by atoms with Crippen molar-refractivity contribution in [1.29, 1.82) is 0 Å². The van der Waals surface area contributed by atoms with Crippen LogP contribution in [0, 0.1) is 0 Å². The van der Waals surface area contributed by atoms with E-state index in [0.717, 1.165) is 19.4 Å². The summed E-state index contributed by atoms with van der Waals surface area (Å²) in [5, 5.41) is 13.6. The van der Waals surface area contributed by atoms with Crippen LogP contribution in [-0.2, 0) is 6.54 Å². The highest BCUT2D eigenvalue weighted by atomic mass is 16.5. The molecule has 0 bridgehead atoms. The molecular formula is C11H18N4O3. The minimum absolute atomic E-state index is 0.163. The van der Waals surface area contributed by atoms with Gasteiger partial charge in [-0.2, -0.15) is 0 Å². The van der Waals surface area contributed by atoms with Crippen molar-refractivity contribution in [2.24, 2.45) is 5.84 Å². The highest BCUT2D eigenvalue weighted by molar-refractivity contribution is 5.91. The Hall–Kier alpha value is -1.44. The second kappa shape index (κ2) is 5.05. The van der Waals surface area contributed by atoms with Gasteiger partial charge in [-0.3, -0.25) is 15.1 Å². The molecule has 4 N–H and O–H groups in total. The number of piperidine rings is 1. The molecule has 1 aromatic heterocycles. The molecule has 18 heavy (non-hydrogen) atoms. The molecule has 1 unspecified atom stereocenters. The van der Waals surface area contributed by atoms with Crippen molar-refractivity contribution in [3.63, 3.8) is 0 Å². The number of carbonyl (C=O) groups is 1. The van der Waals surface area contributed by atoms with Crippen LogP contribution in [-0.4, -0.2) is 39.8 Å². The van der Waals surface area contributed by atoms with Crippen LogP contribution in [0.15, 0.2) is 10.6 Å². The minimum atomic E-state index is -0.657. The molecule has 0 saturated carbocycles. The fourth-order valence-electron chi connectivity index (χ4n) is 2.25. The van der Waals surface area contributed by atoms with E-state index in [2.05, 4.69) is 10.1 Å². The van der Waals surface area contributed by atoms with Crippen molar-refractivity contribution in [3.05, 3.63) is 17.5 Å². The van der Waals surface area contributed by atoms with Crippen LogP contribution in [0.2, 0.25) is 0 Å². The summed E-state index contributed by atoms with van der Waals surface area (Å²) in [6.45, 7) is 3.84. The third-order valence-electron chi connectivity index (χ3n) is 3.06. The summed E-state index contributed by atoms with van der Waals surface area (Å²) in [6.07, 6.45) is 1.75. The standard InChI is InChI=1S/C11H18N4O3/c1-11(17)3-2-4-15(7-11)6-8-5-9(14-18-8)10(16)13-12/h5,17H,2-4,6-7,12H2,1H3,(H,13,16). The fourth-order valence-corrected chi connectivity index (χ4v) is 2.25. The molecule has 0 aromatic carbocycles. The second-order valence-electron chi connectivity index (χ2n) is 4.96. The van der Waals surface area contributed by atoms with Crippen molar-refractivity contribution in [1.82, 2.24) is 15.5 Å². The number of aliphatic hydroxyl groups is 1. The Morgan fingerprint density at radius 3 is 3.22 bits per heavy atom. The highest BCUT2D eigenvalue weighted by Crippen LogP contribution is 2.21. The number of aromatic nitrogens is 1. The van der Waals surface area contributed by atoms with E-state index in [1.165, 1.54) is 0 Å². The zero-order valence-corrected chi connectivity index (χ0v) is 10.3. The van der Waals surface area contributed by atoms with Gasteiger partial charge in [-0.1, -0.05) is 5.16 Å². The van der Waals surface area contributed by atoms with Crippen LogP contribution < -0.4 is 11.3 Å². The summed E-state index contributed by atoms with van der Waals surface area (Å²) in [5.41, 5.74) is 1.50. The molecule has 0 spiro atoms. The van der Waals surface area contributed by atoms with Gasteiger partial charge in [0, 0.05) is 12.6 Å². The first kappa shape index (κ1) is 13.0. The molecule has 1 aromatic rings. The lowest BCUT2D eigenvalue weighted by molar-refractivity contribution is -0.0202. The van der Waals surface area contributed by atoms with Crippen molar-refractivity contribution >= 4 is 5.91 Å². The number of nitrogens with two attached hydrogens (primary N) is 1. The van der Waals surface area contributed by atoms with Gasteiger partial charge in [-0.25, -0.2) is 5.84 Å². The molecule has 100 valence electrons. The highest BCUT2D eigenvalue weighted by Gasteiger charge is 2.28. The van der Waals surface area contributed by atoms with E-state index >= 15 is 0 Å². The number of rotatable bonds is 3. The lowest BCUT2D eigenvalue weighted by atomic mass is 9.95. The molecule has 1 aliphatic rings. The van der Waals surface area contributed by atoms with E-state index in [0.29, 0.717) is 18.8 Å². The van der Waals surface area contributed by atoms with Gasteiger partial charge in [0.05, 0.1) is 12.1 Å². The largest absolute Gasteiger partial charge is 0.389 e. The van der Waals surface area contributed by atoms with Gasteiger partial charge in [0.15, 0.2) is 11.5 Å². The van der Waals surface area contributed by atoms with Crippen LogP contribution in [0.25, 0.3) is 0 Å². The molecule has 0 radical (unpaired) electrons. The third-order valence-corrected chi connectivity index (χ3v) is 3.06. The molecule has 1 amide bonds. The Morgan fingerprint density at radius 1 is 1.78 bits per heavy atom. The van der Waals surface area contributed by atoms with E-state index in [4.69, 9.17) is 10.4 Å². The molecule has 2 heterocycles. The van der Waals surface area contributed by atoms with Crippen LogP contribution in [0.5, 0.6) is 0 Å². The molecular weight excluding hydrogens is 236 g/mol. The van der Waals surface area contributed by atoms with E-state index in [1.807, 2.05) is 12.3 Å². The Kier molecular flexibility index (Phi) is 3.65. The third kappa shape index (κ3) is 3.06. The minimum Gasteiger partial charge on any atom is -0.389 e. The Bertz CT molecular complexity index is 430. The topological polar surface area (TPSA) is 105 Å². The number of nitrogens with zero attached hydrogens (tertiary/aromatic N) is 2. The average molecular weight is 254 g/mol. The number of β-amino-alcohol motifs (C(OH)–C–C–N with tert-alkyl or cyclic N) is 1. The predicted octanol–water partition coefficient (Wildman–Crippen LogP) is -0.375. The maximum atomic E-state index is 11.2. The molecule has 0 aliphatic carbocycles. The number of hydrazine groups is 1. The maximum absolute atomic E-state index is 11.2. The van der Waals surface area contributed by atoms with Crippen LogP contribution in [0.3, 0.4) is 0 Å². The van der Waals surface area contributed by atoms with Gasteiger partial charge >= 0.3 is 0 Å². The summed E-state index contributed by atoms with van der Waals surface area (Å²) >= 11 is 0. The van der Waals surface area contributed by atoms with Gasteiger partial charge in [0.25, 0.3) is 5.91 Å². The molecule has 1 saturated heterocycles. The predicted molar refractivity (Wildman–Crippen MR) is 63.3 cm³/mol. The molecule has 7 nitrogen and oxygen atoms in total. The van der Waals surface area contributed by atoms with Crippen LogP contribution in [0.1, 0.15) is 36.0 Å². The normalized spacial score (nSPS) is 25.1.